The molecule has 0 aliphatic heterocycles. The number of nitrogen functional groups attached to an aromatic ring is 1. The Bertz CT molecular complexity index is 670. The van der Waals surface area contributed by atoms with Crippen molar-refractivity contribution < 1.29 is 13.6 Å². The summed E-state index contributed by atoms with van der Waals surface area (Å²) in [6, 6.07) is 1.57. The molecule has 0 saturated carbocycles. The lowest BCUT2D eigenvalue weighted by Gasteiger charge is -2.05. The van der Waals surface area contributed by atoms with Crippen LogP contribution in [0.4, 0.5) is 19.6 Å². The monoisotopic (exact) mass is 297 g/mol. The van der Waals surface area contributed by atoms with E-state index in [9.17, 15) is 13.6 Å². The van der Waals surface area contributed by atoms with E-state index in [4.69, 9.17) is 5.73 Å². The summed E-state index contributed by atoms with van der Waals surface area (Å²) in [5, 5.41) is 2.87. The van der Waals surface area contributed by atoms with Gasteiger partial charge in [-0.2, -0.15) is 0 Å². The molecular formula is C13H13F2N3OS. The number of hydrogen-bond donors (Lipinski definition) is 2. The van der Waals surface area contributed by atoms with Gasteiger partial charge >= 0.3 is 0 Å². The minimum atomic E-state index is -0.960. The second-order valence-corrected chi connectivity index (χ2v) is 5.39. The molecule has 0 unspecified atom stereocenters. The van der Waals surface area contributed by atoms with E-state index in [-0.39, 0.29) is 11.3 Å². The smallest absolute Gasteiger partial charge is 0.260 e. The summed E-state index contributed by atoms with van der Waals surface area (Å²) in [5.74, 6) is -2.55. The third kappa shape index (κ3) is 2.77. The highest BCUT2D eigenvalue weighted by atomic mass is 32.1. The predicted molar refractivity (Wildman–Crippen MR) is 75.0 cm³/mol. The lowest BCUT2D eigenvalue weighted by atomic mass is 10.1. The molecule has 1 amide bonds. The molecule has 0 aliphatic rings. The zero-order valence-electron chi connectivity index (χ0n) is 11.0. The first-order chi connectivity index (χ1) is 9.42. The summed E-state index contributed by atoms with van der Waals surface area (Å²) in [7, 11) is 0. The summed E-state index contributed by atoms with van der Waals surface area (Å²) in [6.07, 6.45) is 0.746. The summed E-state index contributed by atoms with van der Waals surface area (Å²) in [4.78, 5) is 17.2. The topological polar surface area (TPSA) is 68.0 Å². The van der Waals surface area contributed by atoms with Crippen LogP contribution in [0.15, 0.2) is 12.1 Å². The molecule has 0 atom stereocenters. The fraction of sp³-hybridized carbons (Fsp3) is 0.231. The van der Waals surface area contributed by atoms with Crippen LogP contribution in [0, 0.1) is 18.6 Å². The maximum Gasteiger partial charge on any atom is 0.260 e. The lowest BCUT2D eigenvalue weighted by Crippen LogP contribution is -2.14. The van der Waals surface area contributed by atoms with Crippen molar-refractivity contribution in [1.29, 1.82) is 0 Å². The van der Waals surface area contributed by atoms with Crippen LogP contribution in [-0.4, -0.2) is 10.9 Å². The fourth-order valence-electron chi connectivity index (χ4n) is 1.71. The highest BCUT2D eigenvalue weighted by Crippen LogP contribution is 2.24. The van der Waals surface area contributed by atoms with Crippen LogP contribution in [-0.2, 0) is 6.42 Å². The molecule has 106 valence electrons. The lowest BCUT2D eigenvalue weighted by molar-refractivity contribution is 0.102. The number of benzene rings is 1. The van der Waals surface area contributed by atoms with Crippen molar-refractivity contribution in [2.45, 2.75) is 20.3 Å². The van der Waals surface area contributed by atoms with Crippen molar-refractivity contribution >= 4 is 28.1 Å². The number of nitrogens with two attached hydrogens (primary N) is 1. The quantitative estimate of drug-likeness (QED) is 0.855. The molecule has 1 aromatic carbocycles. The van der Waals surface area contributed by atoms with E-state index in [0.29, 0.717) is 11.2 Å². The highest BCUT2D eigenvalue weighted by molar-refractivity contribution is 7.15. The van der Waals surface area contributed by atoms with Gasteiger partial charge in [-0.25, -0.2) is 13.8 Å². The van der Waals surface area contributed by atoms with Gasteiger partial charge in [0.1, 0.15) is 11.6 Å². The number of carbonyl (C=O) groups excluding carboxylic acids is 1. The van der Waals surface area contributed by atoms with Crippen LogP contribution in [0.25, 0.3) is 0 Å². The van der Waals surface area contributed by atoms with Gasteiger partial charge in [0.2, 0.25) is 0 Å². The zero-order valence-corrected chi connectivity index (χ0v) is 11.8. The first-order valence-electron chi connectivity index (χ1n) is 5.94. The minimum Gasteiger partial charge on any atom is -0.396 e. The van der Waals surface area contributed by atoms with Crippen molar-refractivity contribution in [3.63, 3.8) is 0 Å². The number of rotatable bonds is 3. The summed E-state index contributed by atoms with van der Waals surface area (Å²) >= 11 is 1.30. The van der Waals surface area contributed by atoms with Crippen molar-refractivity contribution in [2.75, 3.05) is 11.1 Å². The first kappa shape index (κ1) is 14.4. The Morgan fingerprint density at radius 1 is 1.40 bits per heavy atom. The van der Waals surface area contributed by atoms with E-state index in [0.717, 1.165) is 23.1 Å². The molecule has 0 spiro atoms. The number of anilines is 2. The van der Waals surface area contributed by atoms with E-state index in [2.05, 4.69) is 10.3 Å². The van der Waals surface area contributed by atoms with Crippen LogP contribution in [0.1, 0.15) is 27.9 Å². The normalized spacial score (nSPS) is 10.6. The number of nitrogens with one attached hydrogen (secondary N) is 1. The third-order valence-corrected chi connectivity index (χ3v) is 3.71. The standard InChI is InChI=1S/C13H13F2N3OS/c1-3-11-6(2)20-13(17-11)18-12(19)7-4-10(16)9(15)5-8(7)14/h4-5H,3,16H2,1-2H3,(H,17,18,19). The Balaban J connectivity index is 2.25. The van der Waals surface area contributed by atoms with E-state index in [1.807, 2.05) is 13.8 Å². The Morgan fingerprint density at radius 2 is 2.10 bits per heavy atom. The number of hydrogen-bond acceptors (Lipinski definition) is 4. The van der Waals surface area contributed by atoms with Gasteiger partial charge < -0.3 is 5.73 Å². The zero-order chi connectivity index (χ0) is 14.9. The number of carbonyl (C=O) groups is 1. The van der Waals surface area contributed by atoms with Gasteiger partial charge in [0.25, 0.3) is 5.91 Å². The molecule has 7 heteroatoms. The second kappa shape index (κ2) is 5.54. The van der Waals surface area contributed by atoms with Crippen molar-refractivity contribution in [3.05, 3.63) is 39.9 Å². The van der Waals surface area contributed by atoms with Crippen LogP contribution in [0.3, 0.4) is 0 Å². The fourth-order valence-corrected chi connectivity index (χ4v) is 2.61. The molecule has 0 bridgehead atoms. The molecule has 2 aromatic rings. The number of aryl methyl sites for hydroxylation is 2. The number of thiazole rings is 1. The Kier molecular flexibility index (Phi) is 3.99. The van der Waals surface area contributed by atoms with Crippen LogP contribution < -0.4 is 11.1 Å². The Morgan fingerprint density at radius 3 is 2.70 bits per heavy atom. The van der Waals surface area contributed by atoms with Gasteiger partial charge in [0.05, 0.1) is 16.9 Å². The molecule has 4 nitrogen and oxygen atoms in total. The molecule has 1 aromatic heterocycles. The van der Waals surface area contributed by atoms with Gasteiger partial charge in [-0.1, -0.05) is 6.92 Å². The van der Waals surface area contributed by atoms with E-state index in [1.165, 1.54) is 11.3 Å². The van der Waals surface area contributed by atoms with E-state index < -0.39 is 17.5 Å². The molecule has 20 heavy (non-hydrogen) atoms. The van der Waals surface area contributed by atoms with Crippen LogP contribution in [0.2, 0.25) is 0 Å². The molecule has 0 aliphatic carbocycles. The van der Waals surface area contributed by atoms with E-state index in [1.54, 1.807) is 0 Å². The summed E-state index contributed by atoms with van der Waals surface area (Å²) in [6.45, 7) is 3.84. The predicted octanol–water partition coefficient (Wildman–Crippen LogP) is 3.13. The van der Waals surface area contributed by atoms with Crippen molar-refractivity contribution in [2.24, 2.45) is 0 Å². The summed E-state index contributed by atoms with van der Waals surface area (Å²) < 4.78 is 26.6. The molecule has 2 rings (SSSR count). The minimum absolute atomic E-state index is 0.277. The maximum atomic E-state index is 13.6. The van der Waals surface area contributed by atoms with Crippen LogP contribution >= 0.6 is 11.3 Å². The molecule has 0 saturated heterocycles. The third-order valence-electron chi connectivity index (χ3n) is 2.78. The number of nitrogens with zero attached hydrogens (tertiary/aromatic N) is 1. The Labute approximate surface area is 118 Å². The molecule has 3 N–H and O–H groups in total. The average molecular weight is 297 g/mol. The average Bonchev–Trinajstić information content (AvgIpc) is 2.73. The van der Waals surface area contributed by atoms with Gasteiger partial charge in [-0.3, -0.25) is 10.1 Å². The SMILES string of the molecule is CCc1nc(NC(=O)c2cc(N)c(F)cc2F)sc1C. The number of halogens is 2. The number of aromatic nitrogens is 1. The highest BCUT2D eigenvalue weighted by Gasteiger charge is 2.17. The summed E-state index contributed by atoms with van der Waals surface area (Å²) in [5.41, 5.74) is 5.63. The molecular weight excluding hydrogens is 284 g/mol. The second-order valence-electron chi connectivity index (χ2n) is 4.18. The molecule has 1 heterocycles. The molecule has 0 radical (unpaired) electrons. The molecule has 0 fully saturated rings. The largest absolute Gasteiger partial charge is 0.396 e. The van der Waals surface area contributed by atoms with Crippen molar-refractivity contribution in [1.82, 2.24) is 4.98 Å². The van der Waals surface area contributed by atoms with Crippen molar-refractivity contribution in [3.8, 4) is 0 Å². The number of amides is 1. The van der Waals surface area contributed by atoms with E-state index >= 15 is 0 Å². The Hall–Kier alpha value is -2.02. The van der Waals surface area contributed by atoms with Gasteiger partial charge in [-0.15, -0.1) is 11.3 Å². The first-order valence-corrected chi connectivity index (χ1v) is 6.76. The van der Waals surface area contributed by atoms with Gasteiger partial charge in [0, 0.05) is 10.9 Å². The maximum absolute atomic E-state index is 13.6. The van der Waals surface area contributed by atoms with Gasteiger partial charge in [0.15, 0.2) is 5.13 Å². The van der Waals surface area contributed by atoms with Gasteiger partial charge in [-0.05, 0) is 19.4 Å². The van der Waals surface area contributed by atoms with Crippen LogP contribution in [0.5, 0.6) is 0 Å².